The van der Waals surface area contributed by atoms with Gasteiger partial charge < -0.3 is 15.0 Å². The first-order chi connectivity index (χ1) is 11.5. The molecule has 2 aromatic rings. The zero-order valence-electron chi connectivity index (χ0n) is 13.8. The SMILES string of the molecule is CC(=O)Nc1ccc(OCC(=O)N2c3ccccc3C[C@@H]2C)cc1. The molecule has 0 saturated carbocycles. The Hall–Kier alpha value is -2.82. The molecule has 0 saturated heterocycles. The Balaban J connectivity index is 1.62. The molecule has 0 unspecified atom stereocenters. The fraction of sp³-hybridized carbons (Fsp3) is 0.263. The molecule has 0 fully saturated rings. The number of rotatable bonds is 4. The molecule has 24 heavy (non-hydrogen) atoms. The second-order valence-electron chi connectivity index (χ2n) is 5.94. The first kappa shape index (κ1) is 16.1. The van der Waals surface area contributed by atoms with Crippen molar-refractivity contribution in [3.8, 4) is 5.75 Å². The van der Waals surface area contributed by atoms with Crippen LogP contribution in [0.2, 0.25) is 0 Å². The van der Waals surface area contributed by atoms with Gasteiger partial charge in [0.2, 0.25) is 5.91 Å². The van der Waals surface area contributed by atoms with Gasteiger partial charge in [0.25, 0.3) is 5.91 Å². The van der Waals surface area contributed by atoms with Crippen LogP contribution in [0.1, 0.15) is 19.4 Å². The topological polar surface area (TPSA) is 58.6 Å². The second-order valence-corrected chi connectivity index (χ2v) is 5.94. The number of carbonyl (C=O) groups excluding carboxylic acids is 2. The lowest BCUT2D eigenvalue weighted by atomic mass is 10.1. The quantitative estimate of drug-likeness (QED) is 0.940. The molecule has 0 aromatic heterocycles. The van der Waals surface area contributed by atoms with Crippen molar-refractivity contribution >= 4 is 23.2 Å². The molecule has 124 valence electrons. The maximum Gasteiger partial charge on any atom is 0.265 e. The van der Waals surface area contributed by atoms with Crippen molar-refractivity contribution in [2.75, 3.05) is 16.8 Å². The van der Waals surface area contributed by atoms with Crippen LogP contribution in [-0.2, 0) is 16.0 Å². The van der Waals surface area contributed by atoms with E-state index in [-0.39, 0.29) is 24.5 Å². The third-order valence-corrected chi connectivity index (χ3v) is 4.01. The van der Waals surface area contributed by atoms with Crippen LogP contribution >= 0.6 is 0 Å². The van der Waals surface area contributed by atoms with Crippen LogP contribution in [0.4, 0.5) is 11.4 Å². The Bertz CT molecular complexity index is 755. The van der Waals surface area contributed by atoms with E-state index in [2.05, 4.69) is 11.4 Å². The summed E-state index contributed by atoms with van der Waals surface area (Å²) in [6, 6.07) is 15.1. The average molecular weight is 324 g/mol. The molecule has 0 aliphatic carbocycles. The van der Waals surface area contributed by atoms with Gasteiger partial charge in [-0.2, -0.15) is 0 Å². The van der Waals surface area contributed by atoms with Crippen LogP contribution in [0, 0.1) is 0 Å². The number of benzene rings is 2. The fourth-order valence-electron chi connectivity index (χ4n) is 3.00. The highest BCUT2D eigenvalue weighted by Gasteiger charge is 2.30. The summed E-state index contributed by atoms with van der Waals surface area (Å²) < 4.78 is 5.60. The predicted octanol–water partition coefficient (Wildman–Crippen LogP) is 3.00. The van der Waals surface area contributed by atoms with Gasteiger partial charge in [0.15, 0.2) is 6.61 Å². The van der Waals surface area contributed by atoms with Gasteiger partial charge in [-0.05, 0) is 49.2 Å². The number of hydrogen-bond donors (Lipinski definition) is 1. The van der Waals surface area contributed by atoms with Gasteiger partial charge in [-0.15, -0.1) is 0 Å². The zero-order chi connectivity index (χ0) is 17.1. The van der Waals surface area contributed by atoms with E-state index in [0.29, 0.717) is 11.4 Å². The molecule has 5 heteroatoms. The van der Waals surface area contributed by atoms with Crippen LogP contribution in [-0.4, -0.2) is 24.5 Å². The number of nitrogens with one attached hydrogen (secondary N) is 1. The Kier molecular flexibility index (Phi) is 4.51. The number of anilines is 2. The molecule has 1 N–H and O–H groups in total. The van der Waals surface area contributed by atoms with Gasteiger partial charge >= 0.3 is 0 Å². The number of ether oxygens (including phenoxy) is 1. The molecule has 1 atom stereocenters. The highest BCUT2D eigenvalue weighted by atomic mass is 16.5. The average Bonchev–Trinajstić information content (AvgIpc) is 2.89. The predicted molar refractivity (Wildman–Crippen MR) is 93.3 cm³/mol. The van der Waals surface area contributed by atoms with Crippen LogP contribution in [0.3, 0.4) is 0 Å². The van der Waals surface area contributed by atoms with Gasteiger partial charge in [-0.1, -0.05) is 18.2 Å². The number of carbonyl (C=O) groups is 2. The molecule has 0 spiro atoms. The third-order valence-electron chi connectivity index (χ3n) is 4.01. The molecular weight excluding hydrogens is 304 g/mol. The summed E-state index contributed by atoms with van der Waals surface area (Å²) in [7, 11) is 0. The Morgan fingerprint density at radius 3 is 2.58 bits per heavy atom. The van der Waals surface area contributed by atoms with Crippen LogP contribution in [0.25, 0.3) is 0 Å². The Morgan fingerprint density at radius 2 is 1.88 bits per heavy atom. The summed E-state index contributed by atoms with van der Waals surface area (Å²) in [6.45, 7) is 3.48. The Labute approximate surface area is 141 Å². The van der Waals surface area contributed by atoms with Gasteiger partial charge in [-0.25, -0.2) is 0 Å². The molecule has 2 amide bonds. The van der Waals surface area contributed by atoms with Gasteiger partial charge in [0.05, 0.1) is 0 Å². The summed E-state index contributed by atoms with van der Waals surface area (Å²) in [6.07, 6.45) is 0.868. The molecule has 3 rings (SSSR count). The summed E-state index contributed by atoms with van der Waals surface area (Å²) >= 11 is 0. The van der Waals surface area contributed by atoms with Crippen molar-refractivity contribution in [3.63, 3.8) is 0 Å². The monoisotopic (exact) mass is 324 g/mol. The normalized spacial score (nSPS) is 15.8. The molecule has 1 heterocycles. The van der Waals surface area contributed by atoms with E-state index in [1.165, 1.54) is 12.5 Å². The van der Waals surface area contributed by atoms with E-state index in [0.717, 1.165) is 12.1 Å². The van der Waals surface area contributed by atoms with Gasteiger partial charge in [-0.3, -0.25) is 9.59 Å². The molecule has 1 aliphatic heterocycles. The van der Waals surface area contributed by atoms with Crippen molar-refractivity contribution in [2.24, 2.45) is 0 Å². The summed E-state index contributed by atoms with van der Waals surface area (Å²) in [4.78, 5) is 25.4. The van der Waals surface area contributed by atoms with E-state index < -0.39 is 0 Å². The van der Waals surface area contributed by atoms with Crippen molar-refractivity contribution in [3.05, 3.63) is 54.1 Å². The minimum atomic E-state index is -0.125. The largest absolute Gasteiger partial charge is 0.484 e. The van der Waals surface area contributed by atoms with E-state index >= 15 is 0 Å². The van der Waals surface area contributed by atoms with Crippen LogP contribution in [0.5, 0.6) is 5.75 Å². The summed E-state index contributed by atoms with van der Waals surface area (Å²) in [5.41, 5.74) is 2.86. The van der Waals surface area contributed by atoms with Crippen LogP contribution in [0.15, 0.2) is 48.5 Å². The maximum atomic E-state index is 12.5. The number of amides is 2. The highest BCUT2D eigenvalue weighted by molar-refractivity contribution is 5.97. The summed E-state index contributed by atoms with van der Waals surface area (Å²) in [5, 5.41) is 2.69. The van der Waals surface area contributed by atoms with Crippen molar-refractivity contribution in [2.45, 2.75) is 26.3 Å². The maximum absolute atomic E-state index is 12.5. The van der Waals surface area contributed by atoms with Crippen molar-refractivity contribution in [1.29, 1.82) is 0 Å². The lowest BCUT2D eigenvalue weighted by molar-refractivity contribution is -0.120. The first-order valence-electron chi connectivity index (χ1n) is 7.95. The Morgan fingerprint density at radius 1 is 1.17 bits per heavy atom. The fourth-order valence-corrected chi connectivity index (χ4v) is 3.00. The highest BCUT2D eigenvalue weighted by Crippen LogP contribution is 2.31. The number of hydrogen-bond acceptors (Lipinski definition) is 3. The number of para-hydroxylation sites is 1. The van der Waals surface area contributed by atoms with E-state index in [4.69, 9.17) is 4.74 Å². The standard InChI is InChI=1S/C19H20N2O3/c1-13-11-15-5-3-4-6-18(15)21(13)19(23)12-24-17-9-7-16(8-10-17)20-14(2)22/h3-10,13H,11-12H2,1-2H3,(H,20,22)/t13-/m0/s1. The van der Waals surface area contributed by atoms with Gasteiger partial charge in [0.1, 0.15) is 5.75 Å². The number of nitrogens with zero attached hydrogens (tertiary/aromatic N) is 1. The molecule has 0 radical (unpaired) electrons. The zero-order valence-corrected chi connectivity index (χ0v) is 13.8. The minimum absolute atomic E-state index is 0.0157. The van der Waals surface area contributed by atoms with Gasteiger partial charge in [0, 0.05) is 24.3 Å². The number of fused-ring (bicyclic) bond motifs is 1. The lowest BCUT2D eigenvalue weighted by Crippen LogP contribution is -2.39. The first-order valence-corrected chi connectivity index (χ1v) is 7.95. The van der Waals surface area contributed by atoms with E-state index in [1.54, 1.807) is 29.2 Å². The third kappa shape index (κ3) is 3.40. The smallest absolute Gasteiger partial charge is 0.265 e. The van der Waals surface area contributed by atoms with E-state index in [9.17, 15) is 9.59 Å². The lowest BCUT2D eigenvalue weighted by Gasteiger charge is -2.22. The molecular formula is C19H20N2O3. The molecule has 5 nitrogen and oxygen atoms in total. The molecule has 2 aromatic carbocycles. The molecule has 1 aliphatic rings. The molecule has 0 bridgehead atoms. The van der Waals surface area contributed by atoms with E-state index in [1.807, 2.05) is 25.1 Å². The van der Waals surface area contributed by atoms with Crippen molar-refractivity contribution in [1.82, 2.24) is 0 Å². The minimum Gasteiger partial charge on any atom is -0.484 e. The van der Waals surface area contributed by atoms with Crippen LogP contribution < -0.4 is 15.0 Å². The van der Waals surface area contributed by atoms with Crippen molar-refractivity contribution < 1.29 is 14.3 Å². The second kappa shape index (κ2) is 6.74. The summed E-state index contributed by atoms with van der Waals surface area (Å²) in [5.74, 6) is 0.413.